The standard InChI is InChI=1S/C20H29FN6O2/c21-17-3-1-2-14(10-17)8-9-24-19-25-13-18(27(28)29)20(23,26-19)11-15-4-6-16(12-22)7-5-15/h1-3,10,13,15-16H,4-9,11-12,22-23H2,(H2,24,25,26). The van der Waals surface area contributed by atoms with Crippen molar-refractivity contribution in [2.45, 2.75) is 44.2 Å². The Balaban J connectivity index is 1.65. The van der Waals surface area contributed by atoms with Crippen LogP contribution >= 0.6 is 0 Å². The van der Waals surface area contributed by atoms with Gasteiger partial charge in [-0.25, -0.2) is 4.39 Å². The number of halogens is 1. The Kier molecular flexibility index (Phi) is 6.81. The minimum Gasteiger partial charge on any atom is -0.330 e. The lowest BCUT2D eigenvalue weighted by Gasteiger charge is -2.37. The minimum atomic E-state index is -1.29. The molecule has 1 unspecified atom stereocenters. The second-order valence-corrected chi connectivity index (χ2v) is 7.96. The first kappa shape index (κ1) is 21.2. The molecule has 1 aliphatic heterocycles. The molecule has 29 heavy (non-hydrogen) atoms. The molecule has 1 aromatic rings. The Morgan fingerprint density at radius 1 is 1.28 bits per heavy atom. The number of nitro groups is 1. The van der Waals surface area contributed by atoms with Crippen LogP contribution in [0.2, 0.25) is 0 Å². The zero-order chi connectivity index (χ0) is 20.9. The number of nitrogens with one attached hydrogen (secondary N) is 2. The molecule has 3 rings (SSSR count). The van der Waals surface area contributed by atoms with E-state index in [-0.39, 0.29) is 11.5 Å². The van der Waals surface area contributed by atoms with E-state index in [1.807, 2.05) is 6.07 Å². The average molecular weight is 404 g/mol. The lowest BCUT2D eigenvalue weighted by atomic mass is 9.77. The molecule has 0 spiro atoms. The molecule has 8 nitrogen and oxygen atoms in total. The normalized spacial score (nSPS) is 28.4. The molecule has 1 aliphatic carbocycles. The van der Waals surface area contributed by atoms with Gasteiger partial charge in [-0.3, -0.25) is 20.8 Å². The van der Waals surface area contributed by atoms with Gasteiger partial charge < -0.3 is 16.4 Å². The van der Waals surface area contributed by atoms with E-state index in [0.717, 1.165) is 31.2 Å². The second kappa shape index (κ2) is 9.32. The first-order valence-electron chi connectivity index (χ1n) is 10.1. The van der Waals surface area contributed by atoms with Crippen molar-refractivity contribution in [1.82, 2.24) is 10.6 Å². The van der Waals surface area contributed by atoms with Crippen LogP contribution in [0.25, 0.3) is 0 Å². The van der Waals surface area contributed by atoms with Gasteiger partial charge >= 0.3 is 5.70 Å². The summed E-state index contributed by atoms with van der Waals surface area (Å²) in [6.45, 7) is 1.09. The fourth-order valence-corrected chi connectivity index (χ4v) is 4.15. The molecule has 1 saturated carbocycles. The summed E-state index contributed by atoms with van der Waals surface area (Å²) in [6.07, 6.45) is 6.32. The second-order valence-electron chi connectivity index (χ2n) is 7.96. The molecule has 0 radical (unpaired) electrons. The van der Waals surface area contributed by atoms with Crippen molar-refractivity contribution in [3.05, 3.63) is 57.7 Å². The fraction of sp³-hybridized carbons (Fsp3) is 0.550. The molecule has 1 heterocycles. The molecule has 1 fully saturated rings. The van der Waals surface area contributed by atoms with Crippen molar-refractivity contribution in [2.24, 2.45) is 28.3 Å². The van der Waals surface area contributed by atoms with Crippen LogP contribution < -0.4 is 22.1 Å². The maximum Gasteiger partial charge on any atom is 0.301 e. The first-order chi connectivity index (χ1) is 13.9. The first-order valence-corrected chi connectivity index (χ1v) is 10.1. The number of aliphatic imine (C=N–C) groups is 1. The summed E-state index contributed by atoms with van der Waals surface area (Å²) in [5.74, 6) is 0.940. The van der Waals surface area contributed by atoms with Crippen LogP contribution in [-0.4, -0.2) is 29.6 Å². The number of guanidine groups is 1. The van der Waals surface area contributed by atoms with Gasteiger partial charge in [0, 0.05) is 6.54 Å². The highest BCUT2D eigenvalue weighted by Gasteiger charge is 2.44. The predicted octanol–water partition coefficient (Wildman–Crippen LogP) is 1.85. The van der Waals surface area contributed by atoms with Gasteiger partial charge in [-0.05, 0) is 74.6 Å². The number of rotatable bonds is 7. The van der Waals surface area contributed by atoms with Gasteiger partial charge in [0.2, 0.25) is 0 Å². The lowest BCUT2D eigenvalue weighted by molar-refractivity contribution is -0.437. The molecular formula is C20H29FN6O2. The molecule has 1 atom stereocenters. The minimum absolute atomic E-state index is 0.0949. The zero-order valence-electron chi connectivity index (χ0n) is 16.4. The number of hydrogen-bond acceptors (Lipinski definition) is 5. The summed E-state index contributed by atoms with van der Waals surface area (Å²) < 4.78 is 13.3. The van der Waals surface area contributed by atoms with Crippen LogP contribution in [0.3, 0.4) is 0 Å². The smallest absolute Gasteiger partial charge is 0.301 e. The van der Waals surface area contributed by atoms with Crippen LogP contribution in [0, 0.1) is 27.8 Å². The molecule has 6 N–H and O–H groups in total. The Labute approximate surface area is 169 Å². The Hall–Kier alpha value is -2.52. The van der Waals surface area contributed by atoms with E-state index < -0.39 is 10.6 Å². The highest BCUT2D eigenvalue weighted by molar-refractivity contribution is 5.83. The van der Waals surface area contributed by atoms with Crippen molar-refractivity contribution in [1.29, 1.82) is 0 Å². The Bertz CT molecular complexity index is 791. The molecule has 2 aliphatic rings. The molecule has 0 amide bonds. The third kappa shape index (κ3) is 5.51. The van der Waals surface area contributed by atoms with Crippen LogP contribution in [0.15, 0.2) is 41.2 Å². The van der Waals surface area contributed by atoms with E-state index in [9.17, 15) is 14.5 Å². The molecule has 0 aromatic heterocycles. The lowest BCUT2D eigenvalue weighted by Crippen LogP contribution is -2.64. The quantitative estimate of drug-likeness (QED) is 0.405. The maximum absolute atomic E-state index is 13.3. The summed E-state index contributed by atoms with van der Waals surface area (Å²) >= 11 is 0. The molecule has 9 heteroatoms. The van der Waals surface area contributed by atoms with Gasteiger partial charge in [0.05, 0.1) is 11.1 Å². The summed E-state index contributed by atoms with van der Waals surface area (Å²) in [7, 11) is 0. The van der Waals surface area contributed by atoms with Crippen LogP contribution in [-0.2, 0) is 6.42 Å². The van der Waals surface area contributed by atoms with Gasteiger partial charge in [-0.1, -0.05) is 12.1 Å². The number of nitrogens with two attached hydrogens (primary N) is 2. The van der Waals surface area contributed by atoms with Gasteiger partial charge in [0.15, 0.2) is 11.6 Å². The Morgan fingerprint density at radius 2 is 2.00 bits per heavy atom. The molecule has 158 valence electrons. The van der Waals surface area contributed by atoms with Crippen LogP contribution in [0.1, 0.15) is 37.7 Å². The van der Waals surface area contributed by atoms with Crippen molar-refractivity contribution in [3.63, 3.8) is 0 Å². The third-order valence-electron chi connectivity index (χ3n) is 5.81. The average Bonchev–Trinajstić information content (AvgIpc) is 2.68. The summed E-state index contributed by atoms with van der Waals surface area (Å²) in [5, 5.41) is 17.4. The van der Waals surface area contributed by atoms with E-state index in [4.69, 9.17) is 11.5 Å². The van der Waals surface area contributed by atoms with Crippen molar-refractivity contribution in [3.8, 4) is 0 Å². The van der Waals surface area contributed by atoms with Gasteiger partial charge in [-0.2, -0.15) is 0 Å². The van der Waals surface area contributed by atoms with Gasteiger partial charge in [-0.15, -0.1) is 0 Å². The van der Waals surface area contributed by atoms with Crippen LogP contribution in [0.4, 0.5) is 4.39 Å². The molecule has 0 bridgehead atoms. The number of hydrogen-bond donors (Lipinski definition) is 4. The molecular weight excluding hydrogens is 375 g/mol. The van der Waals surface area contributed by atoms with E-state index in [1.165, 1.54) is 18.3 Å². The SMILES string of the molecule is NCC1CCC(CC2(N)NC(=NCCc3cccc(F)c3)NC=C2[N+](=O)[O-])CC1. The van der Waals surface area contributed by atoms with E-state index in [0.29, 0.717) is 43.7 Å². The number of nitrogens with zero attached hydrogens (tertiary/aromatic N) is 2. The van der Waals surface area contributed by atoms with Crippen LogP contribution in [0.5, 0.6) is 0 Å². The van der Waals surface area contributed by atoms with E-state index in [2.05, 4.69) is 15.6 Å². The van der Waals surface area contributed by atoms with Crippen molar-refractivity contribution >= 4 is 5.96 Å². The van der Waals surface area contributed by atoms with Crippen molar-refractivity contribution in [2.75, 3.05) is 13.1 Å². The topological polar surface area (TPSA) is 132 Å². The summed E-state index contributed by atoms with van der Waals surface area (Å²) in [5.41, 5.74) is 11.7. The van der Waals surface area contributed by atoms with Gasteiger partial charge in [0.1, 0.15) is 5.82 Å². The Morgan fingerprint density at radius 3 is 2.66 bits per heavy atom. The monoisotopic (exact) mass is 404 g/mol. The summed E-state index contributed by atoms with van der Waals surface area (Å²) in [4.78, 5) is 15.5. The third-order valence-corrected chi connectivity index (χ3v) is 5.81. The highest BCUT2D eigenvalue weighted by atomic mass is 19.1. The largest absolute Gasteiger partial charge is 0.330 e. The maximum atomic E-state index is 13.3. The van der Waals surface area contributed by atoms with E-state index in [1.54, 1.807) is 6.07 Å². The predicted molar refractivity (Wildman–Crippen MR) is 110 cm³/mol. The summed E-state index contributed by atoms with van der Waals surface area (Å²) in [6, 6.07) is 6.36. The molecule has 1 aromatic carbocycles. The fourth-order valence-electron chi connectivity index (χ4n) is 4.15. The highest BCUT2D eigenvalue weighted by Crippen LogP contribution is 2.34. The zero-order valence-corrected chi connectivity index (χ0v) is 16.4. The van der Waals surface area contributed by atoms with E-state index >= 15 is 0 Å². The van der Waals surface area contributed by atoms with Gasteiger partial charge in [0.25, 0.3) is 0 Å². The number of benzene rings is 1. The molecule has 0 saturated heterocycles. The van der Waals surface area contributed by atoms with Crippen molar-refractivity contribution < 1.29 is 9.31 Å².